The Morgan fingerprint density at radius 1 is 1.21 bits per heavy atom. The van der Waals surface area contributed by atoms with E-state index in [4.69, 9.17) is 18.0 Å². The number of carbonyl (C=O) groups excluding carboxylic acids is 1. The lowest BCUT2D eigenvalue weighted by Gasteiger charge is -2.07. The van der Waals surface area contributed by atoms with Gasteiger partial charge in [0.05, 0.1) is 11.9 Å². The molecule has 0 saturated heterocycles. The van der Waals surface area contributed by atoms with Crippen LogP contribution in [0.1, 0.15) is 21.5 Å². The Morgan fingerprint density at radius 2 is 1.84 bits per heavy atom. The van der Waals surface area contributed by atoms with Crippen molar-refractivity contribution in [2.45, 2.75) is 6.92 Å². The maximum absolute atomic E-state index is 12.0. The summed E-state index contributed by atoms with van der Waals surface area (Å²) in [4.78, 5) is 16.3. The molecule has 1 amide bonds. The molecule has 0 atom stereocenters. The van der Waals surface area contributed by atoms with Crippen LogP contribution in [0.4, 0.5) is 5.69 Å². The predicted octanol–water partition coefficient (Wildman–Crippen LogP) is 2.28. The molecule has 0 unspecified atom stereocenters. The molecule has 0 spiro atoms. The molecular weight excluding hydrogens is 258 g/mol. The topological polar surface area (TPSA) is 68.0 Å². The van der Waals surface area contributed by atoms with Crippen molar-refractivity contribution in [1.82, 2.24) is 4.98 Å². The third-order valence-corrected chi connectivity index (χ3v) is 2.95. The zero-order valence-corrected chi connectivity index (χ0v) is 11.2. The number of benzene rings is 1. The summed E-state index contributed by atoms with van der Waals surface area (Å²) in [6.45, 7) is 1.91. The van der Waals surface area contributed by atoms with Gasteiger partial charge in [0.15, 0.2) is 0 Å². The Bertz CT molecular complexity index is 623. The lowest BCUT2D eigenvalue weighted by molar-refractivity contribution is 0.102. The molecule has 0 fully saturated rings. The van der Waals surface area contributed by atoms with Gasteiger partial charge in [0, 0.05) is 17.3 Å². The van der Waals surface area contributed by atoms with Gasteiger partial charge in [-0.3, -0.25) is 9.78 Å². The third kappa shape index (κ3) is 3.14. The molecule has 3 N–H and O–H groups in total. The molecule has 1 aromatic heterocycles. The van der Waals surface area contributed by atoms with E-state index in [1.165, 1.54) is 0 Å². The summed E-state index contributed by atoms with van der Waals surface area (Å²) >= 11 is 4.86. The molecule has 2 rings (SSSR count). The number of nitrogens with one attached hydrogen (secondary N) is 1. The molecule has 96 valence electrons. The van der Waals surface area contributed by atoms with Crippen molar-refractivity contribution >= 4 is 28.8 Å². The molecule has 0 saturated carbocycles. The van der Waals surface area contributed by atoms with Crippen molar-refractivity contribution in [2.24, 2.45) is 5.73 Å². The minimum atomic E-state index is -0.189. The van der Waals surface area contributed by atoms with E-state index in [-0.39, 0.29) is 5.91 Å². The molecule has 4 nitrogen and oxygen atoms in total. The highest BCUT2D eigenvalue weighted by Crippen LogP contribution is 2.13. The van der Waals surface area contributed by atoms with Crippen molar-refractivity contribution in [3.63, 3.8) is 0 Å². The van der Waals surface area contributed by atoms with Crippen molar-refractivity contribution in [2.75, 3.05) is 5.32 Å². The van der Waals surface area contributed by atoms with Gasteiger partial charge < -0.3 is 11.1 Å². The van der Waals surface area contributed by atoms with Gasteiger partial charge in [-0.05, 0) is 30.7 Å². The standard InChI is InChI=1S/C14H13N3OS/c1-9-6-7-16-8-12(9)17-14(18)11-4-2-10(3-5-11)13(15)19/h2-8H,1H3,(H2,15,19)(H,17,18). The number of aryl methyl sites for hydroxylation is 1. The highest BCUT2D eigenvalue weighted by Gasteiger charge is 2.08. The summed E-state index contributed by atoms with van der Waals surface area (Å²) in [5.41, 5.74) is 8.45. The van der Waals surface area contributed by atoms with Crippen LogP contribution in [0.25, 0.3) is 0 Å². The summed E-state index contributed by atoms with van der Waals surface area (Å²) in [6, 6.07) is 8.68. The van der Waals surface area contributed by atoms with E-state index in [1.54, 1.807) is 36.7 Å². The van der Waals surface area contributed by atoms with Crippen LogP contribution in [-0.4, -0.2) is 15.9 Å². The average molecular weight is 271 g/mol. The predicted molar refractivity (Wildman–Crippen MR) is 79.3 cm³/mol. The zero-order valence-electron chi connectivity index (χ0n) is 10.4. The SMILES string of the molecule is Cc1ccncc1NC(=O)c1ccc(C(N)=S)cc1. The maximum atomic E-state index is 12.0. The number of nitrogens with two attached hydrogens (primary N) is 1. The van der Waals surface area contributed by atoms with E-state index in [2.05, 4.69) is 10.3 Å². The van der Waals surface area contributed by atoms with Crippen molar-refractivity contribution < 1.29 is 4.79 Å². The maximum Gasteiger partial charge on any atom is 0.255 e. The van der Waals surface area contributed by atoms with E-state index < -0.39 is 0 Å². The first kappa shape index (κ1) is 13.2. The Balaban J connectivity index is 2.16. The van der Waals surface area contributed by atoms with Crippen LogP contribution in [0.3, 0.4) is 0 Å². The second-order valence-corrected chi connectivity index (χ2v) is 4.53. The van der Waals surface area contributed by atoms with Gasteiger partial charge in [0.2, 0.25) is 0 Å². The van der Waals surface area contributed by atoms with Crippen LogP contribution in [0.15, 0.2) is 42.7 Å². The summed E-state index contributed by atoms with van der Waals surface area (Å²) in [5.74, 6) is -0.189. The minimum absolute atomic E-state index is 0.189. The van der Waals surface area contributed by atoms with Gasteiger partial charge in [0.25, 0.3) is 5.91 Å². The number of amides is 1. The van der Waals surface area contributed by atoms with Crippen LogP contribution in [0.5, 0.6) is 0 Å². The van der Waals surface area contributed by atoms with E-state index in [9.17, 15) is 4.79 Å². The smallest absolute Gasteiger partial charge is 0.255 e. The number of anilines is 1. The zero-order chi connectivity index (χ0) is 13.8. The Morgan fingerprint density at radius 3 is 2.42 bits per heavy atom. The van der Waals surface area contributed by atoms with Crippen LogP contribution < -0.4 is 11.1 Å². The summed E-state index contributed by atoms with van der Waals surface area (Å²) in [5, 5.41) is 2.81. The number of thiocarbonyl (C=S) groups is 1. The van der Waals surface area contributed by atoms with Crippen molar-refractivity contribution in [3.8, 4) is 0 Å². The highest BCUT2D eigenvalue weighted by molar-refractivity contribution is 7.80. The molecule has 1 aromatic carbocycles. The molecule has 0 aliphatic rings. The van der Waals surface area contributed by atoms with E-state index in [1.807, 2.05) is 13.0 Å². The number of aromatic nitrogens is 1. The van der Waals surface area contributed by atoms with Crippen LogP contribution >= 0.6 is 12.2 Å². The quantitative estimate of drug-likeness (QED) is 0.840. The largest absolute Gasteiger partial charge is 0.389 e. The molecule has 0 bridgehead atoms. The fraction of sp³-hybridized carbons (Fsp3) is 0.0714. The fourth-order valence-electron chi connectivity index (χ4n) is 1.58. The van der Waals surface area contributed by atoms with E-state index in [0.29, 0.717) is 16.2 Å². The monoisotopic (exact) mass is 271 g/mol. The van der Waals surface area contributed by atoms with Gasteiger partial charge >= 0.3 is 0 Å². The first-order valence-electron chi connectivity index (χ1n) is 5.70. The highest BCUT2D eigenvalue weighted by atomic mass is 32.1. The summed E-state index contributed by atoms with van der Waals surface area (Å²) in [7, 11) is 0. The number of rotatable bonds is 3. The Hall–Kier alpha value is -2.27. The van der Waals surface area contributed by atoms with E-state index >= 15 is 0 Å². The van der Waals surface area contributed by atoms with Crippen molar-refractivity contribution in [3.05, 3.63) is 59.4 Å². The number of carbonyl (C=O) groups is 1. The van der Waals surface area contributed by atoms with Gasteiger partial charge in [0.1, 0.15) is 4.99 Å². The number of hydrogen-bond donors (Lipinski definition) is 2. The number of pyridine rings is 1. The normalized spacial score (nSPS) is 9.95. The second kappa shape index (κ2) is 5.58. The molecule has 19 heavy (non-hydrogen) atoms. The van der Waals surface area contributed by atoms with Gasteiger partial charge in [-0.15, -0.1) is 0 Å². The minimum Gasteiger partial charge on any atom is -0.389 e. The van der Waals surface area contributed by atoms with Crippen LogP contribution in [0, 0.1) is 6.92 Å². The van der Waals surface area contributed by atoms with Gasteiger partial charge in [-0.2, -0.15) is 0 Å². The fourth-order valence-corrected chi connectivity index (χ4v) is 1.71. The number of nitrogens with zero attached hydrogens (tertiary/aromatic N) is 1. The average Bonchev–Trinajstić information content (AvgIpc) is 2.41. The first-order chi connectivity index (χ1) is 9.08. The lowest BCUT2D eigenvalue weighted by atomic mass is 10.1. The van der Waals surface area contributed by atoms with Crippen LogP contribution in [0.2, 0.25) is 0 Å². The first-order valence-corrected chi connectivity index (χ1v) is 6.10. The summed E-state index contributed by atoms with van der Waals surface area (Å²) in [6.07, 6.45) is 3.30. The number of hydrogen-bond acceptors (Lipinski definition) is 3. The molecular formula is C14H13N3OS. The molecule has 1 heterocycles. The Kier molecular flexibility index (Phi) is 3.87. The van der Waals surface area contributed by atoms with Gasteiger partial charge in [-0.1, -0.05) is 24.4 Å². The van der Waals surface area contributed by atoms with Crippen LogP contribution in [-0.2, 0) is 0 Å². The molecule has 0 radical (unpaired) electrons. The van der Waals surface area contributed by atoms with Gasteiger partial charge in [-0.25, -0.2) is 0 Å². The molecule has 0 aliphatic heterocycles. The third-order valence-electron chi connectivity index (χ3n) is 2.72. The van der Waals surface area contributed by atoms with E-state index in [0.717, 1.165) is 11.1 Å². The van der Waals surface area contributed by atoms with Crippen molar-refractivity contribution in [1.29, 1.82) is 0 Å². The summed E-state index contributed by atoms with van der Waals surface area (Å²) < 4.78 is 0. The lowest BCUT2D eigenvalue weighted by Crippen LogP contribution is -2.14. The molecule has 0 aliphatic carbocycles. The molecule has 5 heteroatoms. The Labute approximate surface area is 116 Å². The molecule has 2 aromatic rings. The second-order valence-electron chi connectivity index (χ2n) is 4.09.